The highest BCUT2D eigenvalue weighted by Crippen LogP contribution is 2.45. The van der Waals surface area contributed by atoms with E-state index in [2.05, 4.69) is 61.3 Å². The molecule has 0 radical (unpaired) electrons. The number of carbonyl (C=O) groups is 1. The highest BCUT2D eigenvalue weighted by Gasteiger charge is 2.40. The number of fused-ring (bicyclic) bond motifs is 2. The van der Waals surface area contributed by atoms with Crippen LogP contribution in [0, 0.1) is 5.92 Å². The van der Waals surface area contributed by atoms with E-state index < -0.39 is 0 Å². The number of hydrogen-bond acceptors (Lipinski definition) is 4. The Balaban J connectivity index is 1.36. The number of H-pyrrole nitrogens is 1. The van der Waals surface area contributed by atoms with E-state index in [0.29, 0.717) is 41.5 Å². The van der Waals surface area contributed by atoms with Crippen LogP contribution in [-0.4, -0.2) is 56.2 Å². The van der Waals surface area contributed by atoms with Crippen LogP contribution in [0.2, 0.25) is 0 Å². The molecular formula is C29H37N3O3. The van der Waals surface area contributed by atoms with Gasteiger partial charge in [0.25, 0.3) is 5.91 Å². The van der Waals surface area contributed by atoms with Gasteiger partial charge in [0.2, 0.25) is 0 Å². The van der Waals surface area contributed by atoms with E-state index in [1.54, 1.807) is 32.4 Å². The Kier molecular flexibility index (Phi) is 6.04. The van der Waals surface area contributed by atoms with Crippen molar-refractivity contribution >= 4 is 16.8 Å². The number of aromatic nitrogens is 1. The summed E-state index contributed by atoms with van der Waals surface area (Å²) in [5.41, 5.74) is 6.22. The number of nitrogens with zero attached hydrogens (tertiary/aromatic N) is 1. The van der Waals surface area contributed by atoms with E-state index in [-0.39, 0.29) is 11.3 Å². The van der Waals surface area contributed by atoms with Crippen molar-refractivity contribution in [1.82, 2.24) is 15.2 Å². The van der Waals surface area contributed by atoms with Crippen LogP contribution >= 0.6 is 0 Å². The molecule has 1 aliphatic heterocycles. The van der Waals surface area contributed by atoms with E-state index in [4.69, 9.17) is 9.47 Å². The molecule has 6 nitrogen and oxygen atoms in total. The first kappa shape index (κ1) is 23.7. The standard InChI is InChI=1S/C29H37N3O3/c1-29(2,3)20-12-22-21-9-17(14-31-28(33)18-7-8-25(34-5)26(11-18)35-6)16-32(4)24(21)10-19-15-30-23(13-20)27(19)22/h7-8,11-13,15,17,21,24,30H,9-10,14,16H2,1-6H3,(H,31,33)/t17?,21-,24-/m1/s1. The maximum Gasteiger partial charge on any atom is 0.251 e. The van der Waals surface area contributed by atoms with Crippen molar-refractivity contribution in [3.63, 3.8) is 0 Å². The zero-order chi connectivity index (χ0) is 24.9. The molecule has 2 aromatic carbocycles. The third-order valence-electron chi connectivity index (χ3n) is 7.95. The van der Waals surface area contributed by atoms with Gasteiger partial charge in [-0.1, -0.05) is 26.8 Å². The molecular weight excluding hydrogens is 438 g/mol. The van der Waals surface area contributed by atoms with Crippen LogP contribution in [0.3, 0.4) is 0 Å². The molecule has 3 atom stereocenters. The zero-order valence-corrected chi connectivity index (χ0v) is 21.7. The Morgan fingerprint density at radius 1 is 1.14 bits per heavy atom. The number of carbonyl (C=O) groups excluding carboxylic acids is 1. The molecule has 2 aliphatic rings. The lowest BCUT2D eigenvalue weighted by Crippen LogP contribution is -2.50. The third-order valence-corrected chi connectivity index (χ3v) is 7.95. The number of ether oxygens (including phenoxy) is 2. The lowest BCUT2D eigenvalue weighted by Gasteiger charge is -2.46. The van der Waals surface area contributed by atoms with Gasteiger partial charge in [-0.15, -0.1) is 0 Å². The van der Waals surface area contributed by atoms with Gasteiger partial charge in [0.1, 0.15) is 0 Å². The van der Waals surface area contributed by atoms with Gasteiger partial charge in [-0.3, -0.25) is 4.79 Å². The maximum absolute atomic E-state index is 12.9. The third kappa shape index (κ3) is 4.29. The molecule has 35 heavy (non-hydrogen) atoms. The number of methoxy groups -OCH3 is 2. The lowest BCUT2D eigenvalue weighted by molar-refractivity contribution is 0.0890. The number of likely N-dealkylation sites (N-methyl/N-ethyl adjacent to an activating group) is 1. The largest absolute Gasteiger partial charge is 0.493 e. The smallest absolute Gasteiger partial charge is 0.251 e. The molecule has 6 heteroatoms. The molecule has 186 valence electrons. The summed E-state index contributed by atoms with van der Waals surface area (Å²) in [5, 5.41) is 4.60. The number of nitrogens with one attached hydrogen (secondary N) is 2. The second-order valence-corrected chi connectivity index (χ2v) is 11.3. The Bertz CT molecular complexity index is 1260. The van der Waals surface area contributed by atoms with Gasteiger partial charge in [0.05, 0.1) is 14.2 Å². The summed E-state index contributed by atoms with van der Waals surface area (Å²) >= 11 is 0. The van der Waals surface area contributed by atoms with Crippen molar-refractivity contribution in [2.45, 2.75) is 51.0 Å². The van der Waals surface area contributed by atoms with E-state index in [1.165, 1.54) is 27.6 Å². The Labute approximate surface area is 208 Å². The SMILES string of the molecule is COc1ccc(C(=O)NCC2C[C@@H]3c4cc(C(C)(C)C)cc5[nH]cc(c45)C[C@H]3N(C)C2)cc1OC. The summed E-state index contributed by atoms with van der Waals surface area (Å²) in [6, 6.07) is 10.6. The Morgan fingerprint density at radius 3 is 2.63 bits per heavy atom. The molecule has 2 N–H and O–H groups in total. The van der Waals surface area contributed by atoms with Crippen LogP contribution in [0.15, 0.2) is 36.5 Å². The second kappa shape index (κ2) is 8.90. The molecule has 2 heterocycles. The van der Waals surface area contributed by atoms with E-state index in [1.807, 2.05) is 0 Å². The van der Waals surface area contributed by atoms with Crippen molar-refractivity contribution in [2.75, 3.05) is 34.4 Å². The van der Waals surface area contributed by atoms with Crippen LogP contribution in [0.5, 0.6) is 11.5 Å². The van der Waals surface area contributed by atoms with Crippen molar-refractivity contribution in [2.24, 2.45) is 5.92 Å². The minimum Gasteiger partial charge on any atom is -0.493 e. The first-order chi connectivity index (χ1) is 16.7. The highest BCUT2D eigenvalue weighted by atomic mass is 16.5. The van der Waals surface area contributed by atoms with Crippen molar-refractivity contribution in [1.29, 1.82) is 0 Å². The normalized spacial score (nSPS) is 22.1. The van der Waals surface area contributed by atoms with Crippen LogP contribution in [0.1, 0.15) is 60.2 Å². The van der Waals surface area contributed by atoms with Gasteiger partial charge in [-0.2, -0.15) is 0 Å². The van der Waals surface area contributed by atoms with E-state index in [0.717, 1.165) is 19.4 Å². The number of likely N-dealkylation sites (tertiary alicyclic amines) is 1. The number of amides is 1. The predicted octanol–water partition coefficient (Wildman–Crippen LogP) is 4.87. The number of rotatable bonds is 5. The molecule has 1 fully saturated rings. The number of benzene rings is 2. The monoisotopic (exact) mass is 475 g/mol. The first-order valence-corrected chi connectivity index (χ1v) is 12.5. The molecule has 1 aliphatic carbocycles. The second-order valence-electron chi connectivity index (χ2n) is 11.3. The number of piperidine rings is 1. The first-order valence-electron chi connectivity index (χ1n) is 12.5. The molecule has 1 aromatic heterocycles. The summed E-state index contributed by atoms with van der Waals surface area (Å²) in [6.45, 7) is 8.48. The van der Waals surface area contributed by atoms with Gasteiger partial charge < -0.3 is 24.7 Å². The van der Waals surface area contributed by atoms with E-state index in [9.17, 15) is 4.79 Å². The topological polar surface area (TPSA) is 66.6 Å². The van der Waals surface area contributed by atoms with Gasteiger partial charge in [-0.05, 0) is 72.2 Å². The van der Waals surface area contributed by atoms with Crippen molar-refractivity contribution in [3.05, 3.63) is 58.8 Å². The summed E-state index contributed by atoms with van der Waals surface area (Å²) in [5.74, 6) is 1.95. The minimum atomic E-state index is -0.0792. The molecule has 3 aromatic rings. The molecule has 1 saturated heterocycles. The fourth-order valence-corrected chi connectivity index (χ4v) is 6.02. The minimum absolute atomic E-state index is 0.0792. The van der Waals surface area contributed by atoms with Crippen LogP contribution < -0.4 is 14.8 Å². The van der Waals surface area contributed by atoms with Crippen LogP contribution in [0.4, 0.5) is 0 Å². The molecule has 0 saturated carbocycles. The molecule has 0 spiro atoms. The predicted molar refractivity (Wildman–Crippen MR) is 140 cm³/mol. The summed E-state index contributed by atoms with van der Waals surface area (Å²) in [4.78, 5) is 19.0. The van der Waals surface area contributed by atoms with Gasteiger partial charge >= 0.3 is 0 Å². The Hall–Kier alpha value is -2.99. The molecule has 1 amide bonds. The number of hydrogen-bond donors (Lipinski definition) is 2. The highest BCUT2D eigenvalue weighted by molar-refractivity contribution is 5.95. The van der Waals surface area contributed by atoms with Gasteiger partial charge in [0, 0.05) is 47.7 Å². The average molecular weight is 476 g/mol. The quantitative estimate of drug-likeness (QED) is 0.552. The number of aromatic amines is 1. The fourth-order valence-electron chi connectivity index (χ4n) is 6.02. The van der Waals surface area contributed by atoms with Gasteiger partial charge in [-0.25, -0.2) is 0 Å². The lowest BCUT2D eigenvalue weighted by atomic mass is 9.71. The van der Waals surface area contributed by atoms with Gasteiger partial charge in [0.15, 0.2) is 11.5 Å². The summed E-state index contributed by atoms with van der Waals surface area (Å²) < 4.78 is 10.7. The summed E-state index contributed by atoms with van der Waals surface area (Å²) in [7, 11) is 5.42. The molecule has 1 unspecified atom stereocenters. The molecule has 5 rings (SSSR count). The van der Waals surface area contributed by atoms with Crippen LogP contribution in [-0.2, 0) is 11.8 Å². The summed E-state index contributed by atoms with van der Waals surface area (Å²) in [6.07, 6.45) is 4.36. The van der Waals surface area contributed by atoms with E-state index >= 15 is 0 Å². The van der Waals surface area contributed by atoms with Crippen LogP contribution in [0.25, 0.3) is 10.9 Å². The fraction of sp³-hybridized carbons (Fsp3) is 0.483. The van der Waals surface area contributed by atoms with Crippen molar-refractivity contribution in [3.8, 4) is 11.5 Å². The molecule has 0 bridgehead atoms. The van der Waals surface area contributed by atoms with Crippen molar-refractivity contribution < 1.29 is 14.3 Å². The zero-order valence-electron chi connectivity index (χ0n) is 21.7. The Morgan fingerprint density at radius 2 is 1.91 bits per heavy atom. The maximum atomic E-state index is 12.9. The average Bonchev–Trinajstić information content (AvgIpc) is 3.25.